The Labute approximate surface area is 124 Å². The number of hydrogen-bond acceptors (Lipinski definition) is 2. The summed E-state index contributed by atoms with van der Waals surface area (Å²) in [5.41, 5.74) is 0.805. The average Bonchev–Trinajstić information content (AvgIpc) is 2.37. The fraction of sp³-hybridized carbons (Fsp3) is 0.688. The summed E-state index contributed by atoms with van der Waals surface area (Å²) < 4.78 is 0.800. The number of pyridine rings is 1. The lowest BCUT2D eigenvalue weighted by atomic mass is 9.67. The Balaban J connectivity index is 2.21. The van der Waals surface area contributed by atoms with Crippen LogP contribution in [0.25, 0.3) is 0 Å². The Morgan fingerprint density at radius 3 is 2.63 bits per heavy atom. The molecule has 0 aromatic carbocycles. The molecule has 3 heteroatoms. The molecule has 1 aromatic rings. The first-order valence-electron chi connectivity index (χ1n) is 7.29. The first-order chi connectivity index (χ1) is 8.99. The number of aliphatic hydroxyl groups excluding tert-OH is 1. The predicted molar refractivity (Wildman–Crippen MR) is 81.7 cm³/mol. The number of nitrogens with zero attached hydrogens (tertiary/aromatic N) is 1. The summed E-state index contributed by atoms with van der Waals surface area (Å²) in [5.74, 6) is 2.28. The second kappa shape index (κ2) is 6.36. The number of rotatable bonds is 3. The third kappa shape index (κ3) is 3.57. The highest BCUT2D eigenvalue weighted by Crippen LogP contribution is 2.43. The molecule has 0 aliphatic heterocycles. The summed E-state index contributed by atoms with van der Waals surface area (Å²) in [4.78, 5) is 4.43. The third-order valence-electron chi connectivity index (χ3n) is 4.52. The molecule has 0 amide bonds. The van der Waals surface area contributed by atoms with Gasteiger partial charge in [0.2, 0.25) is 0 Å². The fourth-order valence-electron chi connectivity index (χ4n) is 3.45. The van der Waals surface area contributed by atoms with Crippen molar-refractivity contribution in [3.8, 4) is 0 Å². The molecule has 106 valence electrons. The molecular formula is C16H24BrNO. The SMILES string of the molecule is CC(C)[C@@H]1CC[C@@H](C)C[C@@H]1[C@H](O)c1cccc(Br)n1. The van der Waals surface area contributed by atoms with E-state index in [9.17, 15) is 5.11 Å². The van der Waals surface area contributed by atoms with Crippen LogP contribution in [0.2, 0.25) is 0 Å². The lowest BCUT2D eigenvalue weighted by molar-refractivity contribution is 0.0120. The minimum Gasteiger partial charge on any atom is -0.387 e. The van der Waals surface area contributed by atoms with Crippen molar-refractivity contribution >= 4 is 15.9 Å². The van der Waals surface area contributed by atoms with Crippen LogP contribution in [0.1, 0.15) is 51.8 Å². The minimum atomic E-state index is -0.437. The van der Waals surface area contributed by atoms with Crippen molar-refractivity contribution in [2.24, 2.45) is 23.7 Å². The van der Waals surface area contributed by atoms with Gasteiger partial charge in [-0.1, -0.05) is 33.3 Å². The molecule has 0 radical (unpaired) electrons. The fourth-order valence-corrected chi connectivity index (χ4v) is 3.80. The van der Waals surface area contributed by atoms with E-state index in [2.05, 4.69) is 41.7 Å². The quantitative estimate of drug-likeness (QED) is 0.825. The highest BCUT2D eigenvalue weighted by molar-refractivity contribution is 9.10. The summed E-state index contributed by atoms with van der Waals surface area (Å²) in [6, 6.07) is 5.79. The zero-order chi connectivity index (χ0) is 14.0. The first-order valence-corrected chi connectivity index (χ1v) is 8.09. The van der Waals surface area contributed by atoms with Crippen LogP contribution in [0, 0.1) is 23.7 Å². The maximum Gasteiger partial charge on any atom is 0.106 e. The van der Waals surface area contributed by atoms with E-state index < -0.39 is 6.10 Å². The van der Waals surface area contributed by atoms with Gasteiger partial charge in [-0.25, -0.2) is 4.98 Å². The molecule has 2 nitrogen and oxygen atoms in total. The lowest BCUT2D eigenvalue weighted by Gasteiger charge is -2.39. The van der Waals surface area contributed by atoms with Crippen molar-refractivity contribution < 1.29 is 5.11 Å². The van der Waals surface area contributed by atoms with Crippen molar-refractivity contribution in [3.63, 3.8) is 0 Å². The van der Waals surface area contributed by atoms with Crippen LogP contribution in [-0.4, -0.2) is 10.1 Å². The monoisotopic (exact) mass is 325 g/mol. The average molecular weight is 326 g/mol. The largest absolute Gasteiger partial charge is 0.387 e. The Hall–Kier alpha value is -0.410. The number of aliphatic hydroxyl groups is 1. The Bertz CT molecular complexity index is 421. The summed E-state index contributed by atoms with van der Waals surface area (Å²) in [7, 11) is 0. The van der Waals surface area contributed by atoms with Gasteiger partial charge in [0.15, 0.2) is 0 Å². The van der Waals surface area contributed by atoms with Crippen molar-refractivity contribution in [3.05, 3.63) is 28.5 Å². The van der Waals surface area contributed by atoms with E-state index >= 15 is 0 Å². The van der Waals surface area contributed by atoms with E-state index in [-0.39, 0.29) is 0 Å². The second-order valence-electron chi connectivity index (χ2n) is 6.32. The smallest absolute Gasteiger partial charge is 0.106 e. The zero-order valence-corrected chi connectivity index (χ0v) is 13.6. The molecule has 0 spiro atoms. The van der Waals surface area contributed by atoms with E-state index in [1.165, 1.54) is 12.8 Å². The standard InChI is InChI=1S/C16H24BrNO/c1-10(2)12-8-7-11(3)9-13(12)16(19)14-5-4-6-15(17)18-14/h4-6,10-13,16,19H,7-9H2,1-3H3/t11-,12+,13+,16+/m1/s1. The van der Waals surface area contributed by atoms with Crippen LogP contribution in [0.5, 0.6) is 0 Å². The van der Waals surface area contributed by atoms with Gasteiger partial charge in [-0.3, -0.25) is 0 Å². The second-order valence-corrected chi connectivity index (χ2v) is 7.13. The molecule has 1 aliphatic rings. The van der Waals surface area contributed by atoms with Crippen LogP contribution >= 0.6 is 15.9 Å². The third-order valence-corrected chi connectivity index (χ3v) is 4.96. The van der Waals surface area contributed by atoms with Gasteiger partial charge in [-0.2, -0.15) is 0 Å². The Morgan fingerprint density at radius 2 is 2.00 bits per heavy atom. The molecule has 1 fully saturated rings. The normalized spacial score (nSPS) is 29.5. The lowest BCUT2D eigenvalue weighted by Crippen LogP contribution is -2.32. The highest BCUT2D eigenvalue weighted by atomic mass is 79.9. The van der Waals surface area contributed by atoms with Crippen LogP contribution < -0.4 is 0 Å². The van der Waals surface area contributed by atoms with Gasteiger partial charge in [0.25, 0.3) is 0 Å². The number of halogens is 1. The van der Waals surface area contributed by atoms with E-state index in [4.69, 9.17) is 0 Å². The molecule has 0 saturated heterocycles. The van der Waals surface area contributed by atoms with E-state index in [0.717, 1.165) is 16.7 Å². The van der Waals surface area contributed by atoms with E-state index in [1.54, 1.807) is 0 Å². The van der Waals surface area contributed by atoms with Crippen LogP contribution in [0.15, 0.2) is 22.8 Å². The van der Waals surface area contributed by atoms with Crippen LogP contribution in [0.4, 0.5) is 0 Å². The maximum absolute atomic E-state index is 10.7. The highest BCUT2D eigenvalue weighted by Gasteiger charge is 2.36. The molecule has 0 unspecified atom stereocenters. The first kappa shape index (κ1) is 15.0. The molecule has 1 aliphatic carbocycles. The molecular weight excluding hydrogens is 302 g/mol. The van der Waals surface area contributed by atoms with Gasteiger partial charge in [0, 0.05) is 0 Å². The van der Waals surface area contributed by atoms with E-state index in [0.29, 0.717) is 23.7 Å². The number of hydrogen-bond donors (Lipinski definition) is 1. The number of aromatic nitrogens is 1. The van der Waals surface area contributed by atoms with Gasteiger partial charge in [0.05, 0.1) is 11.8 Å². The van der Waals surface area contributed by atoms with Gasteiger partial charge < -0.3 is 5.11 Å². The minimum absolute atomic E-state index is 0.338. The van der Waals surface area contributed by atoms with Gasteiger partial charge in [-0.05, 0) is 64.6 Å². The van der Waals surface area contributed by atoms with Crippen molar-refractivity contribution in [2.75, 3.05) is 0 Å². The Kier molecular flexibility index (Phi) is 5.02. The van der Waals surface area contributed by atoms with Crippen molar-refractivity contribution in [1.82, 2.24) is 4.98 Å². The summed E-state index contributed by atoms with van der Waals surface area (Å²) in [5, 5.41) is 10.7. The molecule has 2 rings (SSSR count). The summed E-state index contributed by atoms with van der Waals surface area (Å²) >= 11 is 3.39. The molecule has 19 heavy (non-hydrogen) atoms. The topological polar surface area (TPSA) is 33.1 Å². The van der Waals surface area contributed by atoms with E-state index in [1.807, 2.05) is 18.2 Å². The summed E-state index contributed by atoms with van der Waals surface area (Å²) in [6.45, 7) is 6.84. The molecule has 1 saturated carbocycles. The van der Waals surface area contributed by atoms with Crippen LogP contribution in [-0.2, 0) is 0 Å². The van der Waals surface area contributed by atoms with Gasteiger partial charge in [-0.15, -0.1) is 0 Å². The maximum atomic E-state index is 10.7. The predicted octanol–water partition coefficient (Wildman–Crippen LogP) is 4.59. The zero-order valence-electron chi connectivity index (χ0n) is 12.0. The molecule has 1 aromatic heterocycles. The van der Waals surface area contributed by atoms with Crippen LogP contribution in [0.3, 0.4) is 0 Å². The van der Waals surface area contributed by atoms with Crippen molar-refractivity contribution in [2.45, 2.75) is 46.1 Å². The van der Waals surface area contributed by atoms with Gasteiger partial charge in [0.1, 0.15) is 4.60 Å². The molecule has 4 atom stereocenters. The van der Waals surface area contributed by atoms with Crippen molar-refractivity contribution in [1.29, 1.82) is 0 Å². The molecule has 1 N–H and O–H groups in total. The molecule has 0 bridgehead atoms. The molecule has 1 heterocycles. The van der Waals surface area contributed by atoms with Gasteiger partial charge >= 0.3 is 0 Å². The summed E-state index contributed by atoms with van der Waals surface area (Å²) in [6.07, 6.45) is 3.19. The Morgan fingerprint density at radius 1 is 1.26 bits per heavy atom.